The van der Waals surface area contributed by atoms with Crippen LogP contribution in [0.1, 0.15) is 12.0 Å². The van der Waals surface area contributed by atoms with E-state index in [0.29, 0.717) is 12.2 Å². The van der Waals surface area contributed by atoms with Gasteiger partial charge in [-0.1, -0.05) is 0 Å². The number of hydrogen-bond donors (Lipinski definition) is 1. The Balaban J connectivity index is 2.63. The Kier molecular flexibility index (Phi) is 5.56. The summed E-state index contributed by atoms with van der Waals surface area (Å²) < 4.78 is 26.9. The van der Waals surface area contributed by atoms with Gasteiger partial charge in [0.2, 0.25) is 0 Å². The molecule has 5 heteroatoms. The highest BCUT2D eigenvalue weighted by atomic mass is 79.9. The lowest BCUT2D eigenvalue weighted by molar-refractivity contribution is 0.296. The molecular formula is C10H11BrF2OS. The van der Waals surface area contributed by atoms with Crippen molar-refractivity contribution in [3.05, 3.63) is 33.8 Å². The third kappa shape index (κ3) is 3.74. The first-order valence-electron chi connectivity index (χ1n) is 4.47. The van der Waals surface area contributed by atoms with Crippen LogP contribution < -0.4 is 0 Å². The molecule has 0 amide bonds. The van der Waals surface area contributed by atoms with Gasteiger partial charge < -0.3 is 5.11 Å². The maximum Gasteiger partial charge on any atom is 0.144 e. The number of rotatable bonds is 5. The Bertz CT molecular complexity index is 333. The van der Waals surface area contributed by atoms with E-state index < -0.39 is 11.6 Å². The van der Waals surface area contributed by atoms with Crippen LogP contribution in [0.2, 0.25) is 0 Å². The quantitative estimate of drug-likeness (QED) is 0.664. The maximum absolute atomic E-state index is 13.4. The fourth-order valence-electron chi connectivity index (χ4n) is 1.04. The van der Waals surface area contributed by atoms with Gasteiger partial charge in [0.15, 0.2) is 0 Å². The summed E-state index contributed by atoms with van der Waals surface area (Å²) in [5.41, 5.74) is 0.0901. The molecule has 1 aromatic rings. The standard InChI is InChI=1S/C10H11BrF2OS/c11-8-2-3-9(12)7(10(8)13)6-15-5-1-4-14/h2-3,14H,1,4-6H2. The molecule has 0 aromatic heterocycles. The van der Waals surface area contributed by atoms with Gasteiger partial charge >= 0.3 is 0 Å². The van der Waals surface area contributed by atoms with Crippen molar-refractivity contribution >= 4 is 27.7 Å². The zero-order chi connectivity index (χ0) is 11.3. The molecule has 1 N–H and O–H groups in total. The lowest BCUT2D eigenvalue weighted by Gasteiger charge is -2.05. The van der Waals surface area contributed by atoms with E-state index in [1.807, 2.05) is 0 Å². The highest BCUT2D eigenvalue weighted by Crippen LogP contribution is 2.25. The van der Waals surface area contributed by atoms with Gasteiger partial charge in [0.05, 0.1) is 4.47 Å². The molecule has 0 heterocycles. The van der Waals surface area contributed by atoms with Crippen molar-refractivity contribution in [2.45, 2.75) is 12.2 Å². The topological polar surface area (TPSA) is 20.2 Å². The molecule has 0 unspecified atom stereocenters. The first kappa shape index (κ1) is 12.9. The second-order valence-corrected chi connectivity index (χ2v) is 4.91. The predicted molar refractivity (Wildman–Crippen MR) is 61.9 cm³/mol. The minimum atomic E-state index is -0.536. The highest BCUT2D eigenvalue weighted by Gasteiger charge is 2.11. The number of aliphatic hydroxyl groups excluding tert-OH is 1. The SMILES string of the molecule is OCCCSCc1c(F)ccc(Br)c1F. The van der Waals surface area contributed by atoms with Gasteiger partial charge in [0.1, 0.15) is 11.6 Å². The van der Waals surface area contributed by atoms with E-state index in [0.717, 1.165) is 0 Å². The summed E-state index contributed by atoms with van der Waals surface area (Å²) in [5.74, 6) is -0.0716. The van der Waals surface area contributed by atoms with Crippen LogP contribution >= 0.6 is 27.7 Å². The molecular weight excluding hydrogens is 286 g/mol. The zero-order valence-electron chi connectivity index (χ0n) is 7.97. The van der Waals surface area contributed by atoms with E-state index >= 15 is 0 Å². The summed E-state index contributed by atoms with van der Waals surface area (Å²) in [6, 6.07) is 2.60. The third-order valence-corrected chi connectivity index (χ3v) is 3.51. The van der Waals surface area contributed by atoms with Crippen molar-refractivity contribution in [2.24, 2.45) is 0 Å². The second-order valence-electron chi connectivity index (χ2n) is 2.95. The lowest BCUT2D eigenvalue weighted by Crippen LogP contribution is -1.96. The largest absolute Gasteiger partial charge is 0.396 e. The average molecular weight is 297 g/mol. The van der Waals surface area contributed by atoms with Crippen molar-refractivity contribution in [1.29, 1.82) is 0 Å². The molecule has 1 aromatic carbocycles. The number of thioether (sulfide) groups is 1. The molecule has 0 saturated carbocycles. The summed E-state index contributed by atoms with van der Waals surface area (Å²) >= 11 is 4.42. The summed E-state index contributed by atoms with van der Waals surface area (Å²) in [5, 5.41) is 8.55. The van der Waals surface area contributed by atoms with Crippen molar-refractivity contribution in [3.63, 3.8) is 0 Å². The van der Waals surface area contributed by atoms with Gasteiger partial charge in [-0.25, -0.2) is 8.78 Å². The fraction of sp³-hybridized carbons (Fsp3) is 0.400. The van der Waals surface area contributed by atoms with E-state index in [9.17, 15) is 8.78 Å². The Morgan fingerprint density at radius 3 is 2.73 bits per heavy atom. The molecule has 0 fully saturated rings. The number of hydrogen-bond acceptors (Lipinski definition) is 2. The molecule has 0 atom stereocenters. The smallest absolute Gasteiger partial charge is 0.144 e. The lowest BCUT2D eigenvalue weighted by atomic mass is 10.2. The monoisotopic (exact) mass is 296 g/mol. The van der Waals surface area contributed by atoms with Gasteiger partial charge in [0.25, 0.3) is 0 Å². The zero-order valence-corrected chi connectivity index (χ0v) is 10.4. The first-order valence-corrected chi connectivity index (χ1v) is 6.42. The fourth-order valence-corrected chi connectivity index (χ4v) is 2.36. The number of halogens is 3. The summed E-state index contributed by atoms with van der Waals surface area (Å²) in [6.45, 7) is 0.108. The molecule has 0 aliphatic heterocycles. The van der Waals surface area contributed by atoms with Crippen LogP contribution in [-0.2, 0) is 5.75 Å². The Labute approximate surface area is 100 Å². The van der Waals surface area contributed by atoms with Crippen LogP contribution in [0.15, 0.2) is 16.6 Å². The Morgan fingerprint density at radius 2 is 2.07 bits per heavy atom. The molecule has 0 aliphatic rings. The van der Waals surface area contributed by atoms with Crippen LogP contribution in [0.3, 0.4) is 0 Å². The summed E-state index contributed by atoms with van der Waals surface area (Å²) in [6.07, 6.45) is 0.641. The van der Waals surface area contributed by atoms with Gasteiger partial charge in [-0.15, -0.1) is 0 Å². The van der Waals surface area contributed by atoms with E-state index in [2.05, 4.69) is 15.9 Å². The third-order valence-electron chi connectivity index (χ3n) is 1.83. The maximum atomic E-state index is 13.4. The van der Waals surface area contributed by atoms with Crippen molar-refractivity contribution < 1.29 is 13.9 Å². The highest BCUT2D eigenvalue weighted by molar-refractivity contribution is 9.10. The van der Waals surface area contributed by atoms with Gasteiger partial charge in [-0.3, -0.25) is 0 Å². The molecule has 15 heavy (non-hydrogen) atoms. The van der Waals surface area contributed by atoms with Crippen LogP contribution in [-0.4, -0.2) is 17.5 Å². The molecule has 0 saturated heterocycles. The summed E-state index contributed by atoms with van der Waals surface area (Å²) in [4.78, 5) is 0. The van der Waals surface area contributed by atoms with Crippen LogP contribution in [0, 0.1) is 11.6 Å². The van der Waals surface area contributed by atoms with Crippen molar-refractivity contribution in [2.75, 3.05) is 12.4 Å². The van der Waals surface area contributed by atoms with Gasteiger partial charge in [0, 0.05) is 17.9 Å². The van der Waals surface area contributed by atoms with E-state index in [4.69, 9.17) is 5.11 Å². The normalized spacial score (nSPS) is 10.7. The van der Waals surface area contributed by atoms with E-state index in [-0.39, 0.29) is 22.4 Å². The molecule has 1 nitrogen and oxygen atoms in total. The number of benzene rings is 1. The average Bonchev–Trinajstić information content (AvgIpc) is 2.23. The molecule has 0 radical (unpaired) electrons. The Morgan fingerprint density at radius 1 is 1.33 bits per heavy atom. The van der Waals surface area contributed by atoms with Crippen LogP contribution in [0.25, 0.3) is 0 Å². The molecule has 1 rings (SSSR count). The molecule has 0 bridgehead atoms. The second kappa shape index (κ2) is 6.45. The van der Waals surface area contributed by atoms with Crippen LogP contribution in [0.5, 0.6) is 0 Å². The van der Waals surface area contributed by atoms with Gasteiger partial charge in [-0.2, -0.15) is 11.8 Å². The minimum absolute atomic E-state index is 0.0901. The minimum Gasteiger partial charge on any atom is -0.396 e. The Hall–Kier alpha value is -0.130. The molecule has 84 valence electrons. The van der Waals surface area contributed by atoms with E-state index in [1.165, 1.54) is 23.9 Å². The van der Waals surface area contributed by atoms with Gasteiger partial charge in [-0.05, 0) is 40.2 Å². The first-order chi connectivity index (χ1) is 7.16. The molecule has 0 aliphatic carbocycles. The summed E-state index contributed by atoms with van der Waals surface area (Å²) in [7, 11) is 0. The van der Waals surface area contributed by atoms with Crippen LogP contribution in [0.4, 0.5) is 8.78 Å². The van der Waals surface area contributed by atoms with E-state index in [1.54, 1.807) is 0 Å². The predicted octanol–water partition coefficient (Wildman–Crippen LogP) is 3.34. The molecule has 0 spiro atoms. The van der Waals surface area contributed by atoms with Crippen molar-refractivity contribution in [1.82, 2.24) is 0 Å². The number of aliphatic hydroxyl groups is 1. The van der Waals surface area contributed by atoms with Crippen molar-refractivity contribution in [3.8, 4) is 0 Å².